The van der Waals surface area contributed by atoms with E-state index in [1.165, 1.54) is 28.5 Å². The number of fused-ring (bicyclic) bond motifs is 3. The highest BCUT2D eigenvalue weighted by Gasteiger charge is 2.19. The van der Waals surface area contributed by atoms with Crippen LogP contribution in [0.15, 0.2) is 54.6 Å². The fourth-order valence-corrected chi connectivity index (χ4v) is 5.84. The average Bonchev–Trinajstić information content (AvgIpc) is 3.08. The summed E-state index contributed by atoms with van der Waals surface area (Å²) in [5, 5.41) is 9.18. The van der Waals surface area contributed by atoms with E-state index >= 15 is 0 Å². The second-order valence-electron chi connectivity index (χ2n) is 10.4. The molecule has 0 amide bonds. The van der Waals surface area contributed by atoms with Crippen molar-refractivity contribution in [2.45, 2.75) is 58.5 Å². The van der Waals surface area contributed by atoms with Crippen LogP contribution in [-0.2, 0) is 34.1 Å². The van der Waals surface area contributed by atoms with Crippen LogP contribution >= 0.6 is 0 Å². The number of carboxylic acid groups (broad SMARTS) is 1. The van der Waals surface area contributed by atoms with Crippen LogP contribution < -0.4 is 9.47 Å². The molecule has 0 radical (unpaired) electrons. The van der Waals surface area contributed by atoms with Gasteiger partial charge in [-0.05, 0) is 109 Å². The van der Waals surface area contributed by atoms with Gasteiger partial charge in [0.05, 0.1) is 24.7 Å². The van der Waals surface area contributed by atoms with E-state index in [1.54, 1.807) is 6.92 Å². The summed E-state index contributed by atoms with van der Waals surface area (Å²) in [6, 6.07) is 18.2. The molecule has 0 spiro atoms. The molecule has 7 heteroatoms. The molecule has 0 bridgehead atoms. The van der Waals surface area contributed by atoms with Crippen LogP contribution in [-0.4, -0.2) is 38.1 Å². The minimum absolute atomic E-state index is 0.0339. The van der Waals surface area contributed by atoms with E-state index in [1.807, 2.05) is 30.3 Å². The van der Waals surface area contributed by atoms with Gasteiger partial charge in [-0.1, -0.05) is 30.2 Å². The Morgan fingerprint density at radius 2 is 1.75 bits per heavy atom. The van der Waals surface area contributed by atoms with Gasteiger partial charge in [0.15, 0.2) is 0 Å². The van der Waals surface area contributed by atoms with E-state index in [2.05, 4.69) is 43.0 Å². The zero-order chi connectivity index (χ0) is 28.7. The van der Waals surface area contributed by atoms with Gasteiger partial charge in [-0.2, -0.15) is 0 Å². The van der Waals surface area contributed by atoms with E-state index in [0.29, 0.717) is 25.4 Å². The van der Waals surface area contributed by atoms with Gasteiger partial charge in [0, 0.05) is 6.26 Å². The van der Waals surface area contributed by atoms with Crippen LogP contribution in [0.25, 0.3) is 11.1 Å². The number of benzene rings is 3. The number of carboxylic acids is 1. The monoisotopic (exact) mass is 560 g/mol. The molecule has 0 aliphatic heterocycles. The minimum Gasteiger partial charge on any atom is -0.494 e. The Hall–Kier alpha value is -3.76. The van der Waals surface area contributed by atoms with Crippen molar-refractivity contribution in [3.8, 4) is 34.5 Å². The van der Waals surface area contributed by atoms with Gasteiger partial charge in [-0.3, -0.25) is 4.79 Å². The highest BCUT2D eigenvalue weighted by molar-refractivity contribution is 7.90. The molecule has 1 aliphatic carbocycles. The molecule has 1 aliphatic rings. The Morgan fingerprint density at radius 1 is 1.00 bits per heavy atom. The summed E-state index contributed by atoms with van der Waals surface area (Å²) in [4.78, 5) is 11.2. The largest absolute Gasteiger partial charge is 0.494 e. The van der Waals surface area contributed by atoms with Crippen LogP contribution in [0.1, 0.15) is 59.9 Å². The third-order valence-electron chi connectivity index (χ3n) is 7.04. The van der Waals surface area contributed by atoms with Gasteiger partial charge in [-0.25, -0.2) is 8.42 Å². The van der Waals surface area contributed by atoms with E-state index in [-0.39, 0.29) is 18.1 Å². The molecule has 4 rings (SSSR count). The lowest BCUT2D eigenvalue weighted by Crippen LogP contribution is -2.08. The lowest BCUT2D eigenvalue weighted by molar-refractivity contribution is -0.137. The van der Waals surface area contributed by atoms with E-state index in [0.717, 1.165) is 41.7 Å². The molecule has 0 unspecified atom stereocenters. The first-order valence-electron chi connectivity index (χ1n) is 13.6. The van der Waals surface area contributed by atoms with Gasteiger partial charge >= 0.3 is 5.97 Å². The predicted octanol–water partition coefficient (Wildman–Crippen LogP) is 6.12. The Kier molecular flexibility index (Phi) is 9.54. The maximum absolute atomic E-state index is 11.4. The highest BCUT2D eigenvalue weighted by atomic mass is 32.2. The molecule has 0 saturated carbocycles. The minimum atomic E-state index is -2.99. The number of aryl methyl sites for hydroxylation is 3. The number of ether oxygens (including phenoxy) is 2. The number of hydrogen-bond acceptors (Lipinski definition) is 5. The molecule has 40 heavy (non-hydrogen) atoms. The third-order valence-corrected chi connectivity index (χ3v) is 8.07. The van der Waals surface area contributed by atoms with E-state index in [9.17, 15) is 18.3 Å². The topological polar surface area (TPSA) is 89.9 Å². The van der Waals surface area contributed by atoms with Crippen LogP contribution in [0, 0.1) is 18.8 Å². The first-order chi connectivity index (χ1) is 19.1. The number of rotatable bonds is 11. The van der Waals surface area contributed by atoms with Crippen LogP contribution in [0.5, 0.6) is 11.5 Å². The van der Waals surface area contributed by atoms with Gasteiger partial charge in [-0.15, -0.1) is 5.92 Å². The summed E-state index contributed by atoms with van der Waals surface area (Å²) < 4.78 is 34.8. The molecule has 210 valence electrons. The van der Waals surface area contributed by atoms with Crippen molar-refractivity contribution in [3.05, 3.63) is 82.4 Å². The second kappa shape index (κ2) is 13.1. The number of sulfone groups is 1. The molecule has 3 aromatic rings. The van der Waals surface area contributed by atoms with E-state index in [4.69, 9.17) is 9.47 Å². The lowest BCUT2D eigenvalue weighted by Gasteiger charge is -2.17. The second-order valence-corrected chi connectivity index (χ2v) is 12.6. The Bertz CT molecular complexity index is 1530. The molecule has 0 fully saturated rings. The summed E-state index contributed by atoms with van der Waals surface area (Å²) in [6.45, 7) is 4.60. The van der Waals surface area contributed by atoms with Crippen LogP contribution in [0.4, 0.5) is 0 Å². The zero-order valence-corrected chi connectivity index (χ0v) is 24.1. The molecular formula is C33H36O6S. The maximum Gasteiger partial charge on any atom is 0.304 e. The van der Waals surface area contributed by atoms with Crippen LogP contribution in [0.3, 0.4) is 0 Å². The van der Waals surface area contributed by atoms with Gasteiger partial charge in [0.2, 0.25) is 0 Å². The summed E-state index contributed by atoms with van der Waals surface area (Å²) in [7, 11) is -2.99. The summed E-state index contributed by atoms with van der Waals surface area (Å²) in [5.74, 6) is 6.20. The molecule has 0 heterocycles. The fourth-order valence-electron chi connectivity index (χ4n) is 5.20. The molecular weight excluding hydrogens is 524 g/mol. The van der Waals surface area contributed by atoms with Crippen molar-refractivity contribution in [1.82, 2.24) is 0 Å². The Labute approximate surface area is 237 Å². The highest BCUT2D eigenvalue weighted by Crippen LogP contribution is 2.38. The number of aliphatic carboxylic acids is 1. The Morgan fingerprint density at radius 3 is 2.45 bits per heavy atom. The quantitative estimate of drug-likeness (QED) is 0.224. The zero-order valence-electron chi connectivity index (χ0n) is 23.3. The van der Waals surface area contributed by atoms with Crippen LogP contribution in [0.2, 0.25) is 0 Å². The number of carbonyl (C=O) groups is 1. The van der Waals surface area contributed by atoms with Crippen molar-refractivity contribution in [3.63, 3.8) is 0 Å². The lowest BCUT2D eigenvalue weighted by atomic mass is 9.91. The van der Waals surface area contributed by atoms with Crippen molar-refractivity contribution >= 4 is 15.8 Å². The van der Waals surface area contributed by atoms with Crippen molar-refractivity contribution in [2.24, 2.45) is 0 Å². The van der Waals surface area contributed by atoms with Crippen molar-refractivity contribution < 1.29 is 27.8 Å². The smallest absolute Gasteiger partial charge is 0.304 e. The van der Waals surface area contributed by atoms with E-state index < -0.39 is 15.8 Å². The summed E-state index contributed by atoms with van der Waals surface area (Å²) in [5.41, 5.74) is 8.09. The third kappa shape index (κ3) is 7.89. The summed E-state index contributed by atoms with van der Waals surface area (Å²) in [6.07, 6.45) is 4.68. The van der Waals surface area contributed by atoms with Crippen molar-refractivity contribution in [2.75, 3.05) is 18.6 Å². The van der Waals surface area contributed by atoms with Gasteiger partial charge < -0.3 is 14.6 Å². The van der Waals surface area contributed by atoms with Crippen molar-refractivity contribution in [1.29, 1.82) is 0 Å². The SMILES string of the molecule is CC#C[C@@H](CC(=O)O)c1ccc(OCc2ccc3c(c2)-c2c(C)cc(OCCCS(C)(=O)=O)cc2CCC3)cc1. The first kappa shape index (κ1) is 29.2. The maximum atomic E-state index is 11.4. The summed E-state index contributed by atoms with van der Waals surface area (Å²) >= 11 is 0. The molecule has 0 aromatic heterocycles. The molecule has 6 nitrogen and oxygen atoms in total. The van der Waals surface area contributed by atoms with Gasteiger partial charge in [0.25, 0.3) is 0 Å². The first-order valence-corrected chi connectivity index (χ1v) is 15.6. The average molecular weight is 561 g/mol. The van der Waals surface area contributed by atoms with Gasteiger partial charge in [0.1, 0.15) is 27.9 Å². The standard InChI is InChI=1S/C33H36O6S/c1-4-7-27(21-32(34)35)25-12-14-29(15-13-25)39-22-24-10-11-26-8-5-9-28-20-30(38-16-6-17-40(3,36)37)18-23(2)33(28)31(26)19-24/h10-15,18-20,27H,5-6,8-9,16-17,21-22H2,1-3H3,(H,34,35)/t27-/m0/s1. The molecule has 0 saturated heterocycles. The normalized spacial score (nSPS) is 13.2. The number of hydrogen-bond donors (Lipinski definition) is 1. The fraction of sp³-hybridized carbons (Fsp3) is 0.364. The Balaban J connectivity index is 1.48. The molecule has 1 atom stereocenters. The predicted molar refractivity (Wildman–Crippen MR) is 158 cm³/mol. The molecule has 3 aromatic carbocycles. The molecule has 1 N–H and O–H groups in total.